The number of nitrogens with one attached hydrogen (secondary N) is 2. The van der Waals surface area contributed by atoms with Gasteiger partial charge in [0.25, 0.3) is 5.91 Å². The summed E-state index contributed by atoms with van der Waals surface area (Å²) in [4.78, 5) is 27.8. The lowest BCUT2D eigenvalue weighted by atomic mass is 10.1. The zero-order valence-electron chi connectivity index (χ0n) is 13.9. The van der Waals surface area contributed by atoms with Crippen LogP contribution in [0, 0.1) is 5.82 Å². The maximum absolute atomic E-state index is 13.2. The van der Waals surface area contributed by atoms with Crippen molar-refractivity contribution in [3.8, 4) is 5.88 Å². The Labute approximate surface area is 152 Å². The van der Waals surface area contributed by atoms with Crippen molar-refractivity contribution in [2.75, 3.05) is 5.32 Å². The predicted molar refractivity (Wildman–Crippen MR) is 95.2 cm³/mol. The minimum Gasteiger partial charge on any atom is -0.390 e. The Bertz CT molecular complexity index is 806. The largest absolute Gasteiger partial charge is 0.414 e. The van der Waals surface area contributed by atoms with Crippen molar-refractivity contribution in [1.29, 1.82) is 0 Å². The van der Waals surface area contributed by atoms with Gasteiger partial charge in [-0.2, -0.15) is 0 Å². The summed E-state index contributed by atoms with van der Waals surface area (Å²) in [6, 6.07) is 6.86. The van der Waals surface area contributed by atoms with Gasteiger partial charge in [0.05, 0.1) is 16.4 Å². The minimum atomic E-state index is -0.641. The summed E-state index contributed by atoms with van der Waals surface area (Å²) in [7, 11) is 0. The Morgan fingerprint density at radius 1 is 1.24 bits per heavy atom. The summed E-state index contributed by atoms with van der Waals surface area (Å²) in [6.07, 6.45) is 0.694. The molecule has 1 aromatic heterocycles. The van der Waals surface area contributed by atoms with Gasteiger partial charge in [-0.3, -0.25) is 4.79 Å². The molecule has 2 rings (SSSR count). The summed E-state index contributed by atoms with van der Waals surface area (Å²) in [6.45, 7) is 5.46. The second-order valence-electron chi connectivity index (χ2n) is 6.24. The summed E-state index contributed by atoms with van der Waals surface area (Å²) in [5, 5.41) is 5.23. The van der Waals surface area contributed by atoms with E-state index in [1.807, 2.05) is 20.8 Å². The van der Waals surface area contributed by atoms with E-state index < -0.39 is 23.4 Å². The Morgan fingerprint density at radius 2 is 1.96 bits per heavy atom. The molecule has 2 N–H and O–H groups in total. The van der Waals surface area contributed by atoms with Crippen molar-refractivity contribution in [1.82, 2.24) is 10.3 Å². The van der Waals surface area contributed by atoms with Crippen molar-refractivity contribution < 1.29 is 18.7 Å². The summed E-state index contributed by atoms with van der Waals surface area (Å²) in [5.74, 6) is -0.918. The molecule has 2 amide bonds. The number of carbonyl (C=O) groups excluding carboxylic acids is 2. The molecule has 0 radical (unpaired) electrons. The lowest BCUT2D eigenvalue weighted by Gasteiger charge is -2.19. The molecular weight excluding hydrogens is 393 g/mol. The fraction of sp³-hybridized carbons (Fsp3) is 0.235. The number of anilines is 1. The highest BCUT2D eigenvalue weighted by Gasteiger charge is 2.17. The molecule has 0 aliphatic carbocycles. The van der Waals surface area contributed by atoms with E-state index in [1.165, 1.54) is 30.5 Å². The second kappa shape index (κ2) is 7.60. The monoisotopic (exact) mass is 409 g/mol. The number of carbonyl (C=O) groups is 2. The highest BCUT2D eigenvalue weighted by atomic mass is 79.9. The molecule has 8 heteroatoms. The van der Waals surface area contributed by atoms with Gasteiger partial charge in [-0.05, 0) is 61.0 Å². The first-order valence-electron chi connectivity index (χ1n) is 7.36. The number of amides is 2. The van der Waals surface area contributed by atoms with E-state index >= 15 is 0 Å². The number of hydrogen-bond donors (Lipinski definition) is 2. The smallest absolute Gasteiger partial charge is 0.390 e. The molecule has 0 saturated carbocycles. The van der Waals surface area contributed by atoms with Crippen LogP contribution in [0.1, 0.15) is 31.1 Å². The zero-order valence-corrected chi connectivity index (χ0v) is 15.5. The van der Waals surface area contributed by atoms with E-state index in [0.717, 1.165) is 6.07 Å². The van der Waals surface area contributed by atoms with Crippen molar-refractivity contribution >= 4 is 33.6 Å². The fourth-order valence-electron chi connectivity index (χ4n) is 1.82. The summed E-state index contributed by atoms with van der Waals surface area (Å²) < 4.78 is 18.7. The van der Waals surface area contributed by atoms with Gasteiger partial charge in [0.2, 0.25) is 5.88 Å². The zero-order chi connectivity index (χ0) is 18.6. The third-order valence-corrected chi connectivity index (χ3v) is 3.39. The van der Waals surface area contributed by atoms with Crippen LogP contribution in [0.15, 0.2) is 41.0 Å². The van der Waals surface area contributed by atoms with Gasteiger partial charge in [-0.15, -0.1) is 0 Å². The molecule has 0 spiro atoms. The van der Waals surface area contributed by atoms with Gasteiger partial charge in [0.15, 0.2) is 0 Å². The topological polar surface area (TPSA) is 80.3 Å². The highest BCUT2D eigenvalue weighted by Crippen LogP contribution is 2.26. The first kappa shape index (κ1) is 18.9. The molecule has 1 aromatic carbocycles. The van der Waals surface area contributed by atoms with Crippen LogP contribution in [-0.4, -0.2) is 22.5 Å². The molecule has 0 saturated heterocycles. The standard InChI is InChI=1S/C17H17BrFN3O3/c1-17(2,3)22-16(24)25-15-13(18)8-12(9-20-15)21-14(23)10-5-4-6-11(19)7-10/h4-9H,1-3H3,(H,21,23)(H,22,24). The van der Waals surface area contributed by atoms with E-state index in [2.05, 4.69) is 31.5 Å². The third kappa shape index (κ3) is 5.82. The van der Waals surface area contributed by atoms with Crippen LogP contribution in [-0.2, 0) is 0 Å². The normalized spacial score (nSPS) is 10.9. The van der Waals surface area contributed by atoms with Crippen LogP contribution in [0.4, 0.5) is 14.9 Å². The van der Waals surface area contributed by atoms with Gasteiger partial charge in [-0.25, -0.2) is 14.2 Å². The van der Waals surface area contributed by atoms with Gasteiger partial charge in [0.1, 0.15) is 5.82 Å². The Hall–Kier alpha value is -2.48. The van der Waals surface area contributed by atoms with Crippen LogP contribution in [0.2, 0.25) is 0 Å². The van der Waals surface area contributed by atoms with E-state index in [4.69, 9.17) is 4.74 Å². The van der Waals surface area contributed by atoms with E-state index in [9.17, 15) is 14.0 Å². The van der Waals surface area contributed by atoms with Crippen LogP contribution < -0.4 is 15.4 Å². The molecule has 0 unspecified atom stereocenters. The van der Waals surface area contributed by atoms with Crippen molar-refractivity contribution in [3.05, 3.63) is 52.4 Å². The third-order valence-electron chi connectivity index (χ3n) is 2.82. The molecule has 1 heterocycles. The quantitative estimate of drug-likeness (QED) is 0.798. The Balaban J connectivity index is 2.06. The average Bonchev–Trinajstić information content (AvgIpc) is 2.48. The molecule has 0 atom stereocenters. The molecule has 0 fully saturated rings. The van der Waals surface area contributed by atoms with Gasteiger partial charge >= 0.3 is 6.09 Å². The first-order valence-corrected chi connectivity index (χ1v) is 8.16. The van der Waals surface area contributed by atoms with Crippen molar-refractivity contribution in [3.63, 3.8) is 0 Å². The number of benzene rings is 1. The number of pyridine rings is 1. The van der Waals surface area contributed by atoms with Gasteiger partial charge < -0.3 is 15.4 Å². The number of ether oxygens (including phenoxy) is 1. The molecule has 0 aliphatic heterocycles. The Kier molecular flexibility index (Phi) is 5.73. The molecule has 132 valence electrons. The fourth-order valence-corrected chi connectivity index (χ4v) is 2.25. The summed E-state index contributed by atoms with van der Waals surface area (Å²) in [5.41, 5.74) is 0.105. The maximum atomic E-state index is 13.2. The van der Waals surface area contributed by atoms with Crippen LogP contribution in [0.5, 0.6) is 5.88 Å². The molecular formula is C17H17BrFN3O3. The predicted octanol–water partition coefficient (Wildman–Crippen LogP) is 4.12. The highest BCUT2D eigenvalue weighted by molar-refractivity contribution is 9.10. The van der Waals surface area contributed by atoms with E-state index in [0.29, 0.717) is 10.2 Å². The molecule has 2 aromatic rings. The lowest BCUT2D eigenvalue weighted by molar-refractivity contribution is 0.102. The van der Waals surface area contributed by atoms with Crippen molar-refractivity contribution in [2.45, 2.75) is 26.3 Å². The van der Waals surface area contributed by atoms with E-state index in [1.54, 1.807) is 0 Å². The van der Waals surface area contributed by atoms with Gasteiger partial charge in [-0.1, -0.05) is 6.07 Å². The Morgan fingerprint density at radius 3 is 2.56 bits per heavy atom. The average molecular weight is 410 g/mol. The number of aromatic nitrogens is 1. The molecule has 25 heavy (non-hydrogen) atoms. The molecule has 0 bridgehead atoms. The molecule has 0 aliphatic rings. The van der Waals surface area contributed by atoms with E-state index in [-0.39, 0.29) is 11.4 Å². The molecule has 6 nitrogen and oxygen atoms in total. The number of nitrogens with zero attached hydrogens (tertiary/aromatic N) is 1. The van der Waals surface area contributed by atoms with Crippen LogP contribution >= 0.6 is 15.9 Å². The van der Waals surface area contributed by atoms with Crippen LogP contribution in [0.25, 0.3) is 0 Å². The lowest BCUT2D eigenvalue weighted by Crippen LogP contribution is -2.42. The number of rotatable bonds is 3. The van der Waals surface area contributed by atoms with Gasteiger partial charge in [0, 0.05) is 11.1 Å². The number of halogens is 2. The SMILES string of the molecule is CC(C)(C)NC(=O)Oc1ncc(NC(=O)c2cccc(F)c2)cc1Br. The van der Waals surface area contributed by atoms with Crippen LogP contribution in [0.3, 0.4) is 0 Å². The maximum Gasteiger partial charge on any atom is 0.414 e. The number of hydrogen-bond acceptors (Lipinski definition) is 4. The van der Waals surface area contributed by atoms with Crippen molar-refractivity contribution in [2.24, 2.45) is 0 Å². The second-order valence-corrected chi connectivity index (χ2v) is 7.09. The summed E-state index contributed by atoms with van der Waals surface area (Å²) >= 11 is 3.23. The minimum absolute atomic E-state index is 0.0607. The first-order chi connectivity index (χ1) is 11.6.